The van der Waals surface area contributed by atoms with Crippen LogP contribution in [0.2, 0.25) is 0 Å². The van der Waals surface area contributed by atoms with E-state index in [1.54, 1.807) is 19.3 Å². The summed E-state index contributed by atoms with van der Waals surface area (Å²) in [6.45, 7) is 4.30. The summed E-state index contributed by atoms with van der Waals surface area (Å²) in [4.78, 5) is 15.8. The van der Waals surface area contributed by atoms with Crippen molar-refractivity contribution in [1.82, 2.24) is 4.98 Å². The minimum absolute atomic E-state index is 0.0514. The number of ether oxygens (including phenoxy) is 1. The first-order valence-electron chi connectivity index (χ1n) is 6.40. The molecule has 0 amide bonds. The van der Waals surface area contributed by atoms with Gasteiger partial charge in [-0.05, 0) is 25.0 Å². The molecule has 0 saturated carbocycles. The predicted molar refractivity (Wildman–Crippen MR) is 75.5 cm³/mol. The van der Waals surface area contributed by atoms with Crippen LogP contribution in [-0.4, -0.2) is 17.4 Å². The van der Waals surface area contributed by atoms with Gasteiger partial charge < -0.3 is 4.74 Å². The highest BCUT2D eigenvalue weighted by Gasteiger charge is 2.09. The first-order valence-corrected chi connectivity index (χ1v) is 6.40. The quantitative estimate of drug-likeness (QED) is 0.764. The lowest BCUT2D eigenvalue weighted by Gasteiger charge is -2.09. The van der Waals surface area contributed by atoms with E-state index in [-0.39, 0.29) is 5.78 Å². The molecule has 2 rings (SSSR count). The topological polar surface area (TPSA) is 39.2 Å². The Labute approximate surface area is 113 Å². The first kappa shape index (κ1) is 13.3. The van der Waals surface area contributed by atoms with Crippen LogP contribution in [0, 0.1) is 0 Å². The van der Waals surface area contributed by atoms with Gasteiger partial charge >= 0.3 is 0 Å². The van der Waals surface area contributed by atoms with Gasteiger partial charge in [-0.15, -0.1) is 0 Å². The molecule has 2 aromatic rings. The van der Waals surface area contributed by atoms with Crippen molar-refractivity contribution in [2.45, 2.75) is 20.3 Å². The first-order chi connectivity index (χ1) is 9.22. The van der Waals surface area contributed by atoms with Crippen molar-refractivity contribution in [3.8, 4) is 16.9 Å². The number of carbonyl (C=O) groups excluding carboxylic acids is 1. The zero-order valence-electron chi connectivity index (χ0n) is 11.2. The zero-order valence-corrected chi connectivity index (χ0v) is 11.2. The standard InChI is InChI=1S/C16H17NO2/c1-3-8-19-14-9-13(10-17-11-14)16-7-5-4-6-15(16)12(2)18/h4-7,9-11H,3,8H2,1-2H3. The van der Waals surface area contributed by atoms with Gasteiger partial charge in [0.15, 0.2) is 5.78 Å². The minimum Gasteiger partial charge on any atom is -0.492 e. The number of rotatable bonds is 5. The number of hydrogen-bond acceptors (Lipinski definition) is 3. The third-order valence-corrected chi connectivity index (χ3v) is 2.80. The van der Waals surface area contributed by atoms with Gasteiger partial charge in [0, 0.05) is 17.3 Å². The monoisotopic (exact) mass is 255 g/mol. The number of aromatic nitrogens is 1. The van der Waals surface area contributed by atoms with Crippen LogP contribution in [-0.2, 0) is 0 Å². The molecule has 0 aliphatic heterocycles. The maximum Gasteiger partial charge on any atom is 0.160 e. The minimum atomic E-state index is 0.0514. The molecule has 0 N–H and O–H groups in total. The molecule has 0 fully saturated rings. The molecule has 3 nitrogen and oxygen atoms in total. The van der Waals surface area contributed by atoms with Gasteiger partial charge in [-0.3, -0.25) is 9.78 Å². The Bertz CT molecular complexity index is 578. The van der Waals surface area contributed by atoms with Crippen molar-refractivity contribution in [3.05, 3.63) is 48.3 Å². The Morgan fingerprint density at radius 1 is 1.26 bits per heavy atom. The zero-order chi connectivity index (χ0) is 13.7. The smallest absolute Gasteiger partial charge is 0.160 e. The molecule has 0 spiro atoms. The van der Waals surface area contributed by atoms with Crippen molar-refractivity contribution in [3.63, 3.8) is 0 Å². The highest BCUT2D eigenvalue weighted by Crippen LogP contribution is 2.26. The predicted octanol–water partition coefficient (Wildman–Crippen LogP) is 3.74. The largest absolute Gasteiger partial charge is 0.492 e. The SMILES string of the molecule is CCCOc1cncc(-c2ccccc2C(C)=O)c1. The summed E-state index contributed by atoms with van der Waals surface area (Å²) in [6.07, 6.45) is 4.39. The Morgan fingerprint density at radius 2 is 2.05 bits per heavy atom. The Hall–Kier alpha value is -2.16. The van der Waals surface area contributed by atoms with Crippen LogP contribution in [0.3, 0.4) is 0 Å². The molecule has 1 aromatic heterocycles. The molecule has 0 unspecified atom stereocenters. The average molecular weight is 255 g/mol. The molecule has 0 radical (unpaired) electrons. The molecule has 0 atom stereocenters. The van der Waals surface area contributed by atoms with E-state index in [0.29, 0.717) is 12.2 Å². The number of Topliss-reactive ketones (excluding diaryl/α,β-unsaturated/α-hetero) is 1. The average Bonchev–Trinajstić information content (AvgIpc) is 2.45. The van der Waals surface area contributed by atoms with Crippen LogP contribution in [0.1, 0.15) is 30.6 Å². The van der Waals surface area contributed by atoms with Gasteiger partial charge in [-0.1, -0.05) is 31.2 Å². The van der Waals surface area contributed by atoms with Gasteiger partial charge in [-0.2, -0.15) is 0 Å². The summed E-state index contributed by atoms with van der Waals surface area (Å²) in [6, 6.07) is 9.46. The maximum absolute atomic E-state index is 11.6. The van der Waals surface area contributed by atoms with Crippen LogP contribution in [0.5, 0.6) is 5.75 Å². The molecule has 0 aliphatic rings. The number of carbonyl (C=O) groups is 1. The number of pyridine rings is 1. The van der Waals surface area contributed by atoms with Crippen LogP contribution < -0.4 is 4.74 Å². The molecule has 0 aliphatic carbocycles. The summed E-state index contributed by atoms with van der Waals surface area (Å²) in [5.74, 6) is 0.785. The molecule has 1 heterocycles. The van der Waals surface area contributed by atoms with Crippen molar-refractivity contribution < 1.29 is 9.53 Å². The Morgan fingerprint density at radius 3 is 2.79 bits per heavy atom. The Balaban J connectivity index is 2.39. The second kappa shape index (κ2) is 6.14. The van der Waals surface area contributed by atoms with E-state index in [1.165, 1.54) is 0 Å². The lowest BCUT2D eigenvalue weighted by molar-refractivity contribution is 0.101. The van der Waals surface area contributed by atoms with Crippen LogP contribution in [0.15, 0.2) is 42.7 Å². The van der Waals surface area contributed by atoms with Gasteiger partial charge in [0.1, 0.15) is 5.75 Å². The number of hydrogen-bond donors (Lipinski definition) is 0. The summed E-state index contributed by atoms with van der Waals surface area (Å²) in [7, 11) is 0. The van der Waals surface area contributed by atoms with Gasteiger partial charge in [0.25, 0.3) is 0 Å². The van der Waals surface area contributed by atoms with Crippen molar-refractivity contribution >= 4 is 5.78 Å². The van der Waals surface area contributed by atoms with Crippen molar-refractivity contribution in [2.24, 2.45) is 0 Å². The second-order valence-corrected chi connectivity index (χ2v) is 4.36. The van der Waals surface area contributed by atoms with E-state index < -0.39 is 0 Å². The van der Waals surface area contributed by atoms with Gasteiger partial charge in [-0.25, -0.2) is 0 Å². The third-order valence-electron chi connectivity index (χ3n) is 2.80. The molecule has 0 saturated heterocycles. The summed E-state index contributed by atoms with van der Waals surface area (Å²) in [5, 5.41) is 0. The van der Waals surface area contributed by atoms with Crippen molar-refractivity contribution in [1.29, 1.82) is 0 Å². The molecule has 3 heteroatoms. The maximum atomic E-state index is 11.6. The van der Waals surface area contributed by atoms with E-state index in [1.807, 2.05) is 30.3 Å². The van der Waals surface area contributed by atoms with E-state index >= 15 is 0 Å². The normalized spacial score (nSPS) is 10.2. The van der Waals surface area contributed by atoms with E-state index in [0.717, 1.165) is 23.3 Å². The fourth-order valence-corrected chi connectivity index (χ4v) is 1.91. The molecular formula is C16H17NO2. The number of nitrogens with zero attached hydrogens (tertiary/aromatic N) is 1. The summed E-state index contributed by atoms with van der Waals surface area (Å²) >= 11 is 0. The van der Waals surface area contributed by atoms with Crippen LogP contribution >= 0.6 is 0 Å². The Kier molecular flexibility index (Phi) is 4.29. The fourth-order valence-electron chi connectivity index (χ4n) is 1.91. The van der Waals surface area contributed by atoms with Gasteiger partial charge in [0.05, 0.1) is 12.8 Å². The van der Waals surface area contributed by atoms with Crippen LogP contribution in [0.25, 0.3) is 11.1 Å². The molecule has 98 valence electrons. The molecule has 19 heavy (non-hydrogen) atoms. The summed E-state index contributed by atoms with van der Waals surface area (Å²) < 4.78 is 5.57. The molecular weight excluding hydrogens is 238 g/mol. The van der Waals surface area contributed by atoms with Crippen molar-refractivity contribution in [2.75, 3.05) is 6.61 Å². The number of benzene rings is 1. The summed E-state index contributed by atoms with van der Waals surface area (Å²) in [5.41, 5.74) is 2.50. The van der Waals surface area contributed by atoms with Gasteiger partial charge in [0.2, 0.25) is 0 Å². The van der Waals surface area contributed by atoms with Crippen LogP contribution in [0.4, 0.5) is 0 Å². The lowest BCUT2D eigenvalue weighted by Crippen LogP contribution is -1.98. The fraction of sp³-hybridized carbons (Fsp3) is 0.250. The molecule has 0 bridgehead atoms. The van der Waals surface area contributed by atoms with E-state index in [4.69, 9.17) is 4.74 Å². The van der Waals surface area contributed by atoms with E-state index in [9.17, 15) is 4.79 Å². The highest BCUT2D eigenvalue weighted by molar-refractivity contribution is 6.00. The third kappa shape index (κ3) is 3.19. The van der Waals surface area contributed by atoms with E-state index in [2.05, 4.69) is 11.9 Å². The highest BCUT2D eigenvalue weighted by atomic mass is 16.5. The second-order valence-electron chi connectivity index (χ2n) is 4.36. The molecule has 1 aromatic carbocycles. The lowest BCUT2D eigenvalue weighted by atomic mass is 9.99. The number of ketones is 1.